The van der Waals surface area contributed by atoms with Gasteiger partial charge in [0.25, 0.3) is 0 Å². The van der Waals surface area contributed by atoms with Crippen LogP contribution in [0.5, 0.6) is 0 Å². The smallest absolute Gasteiger partial charge is 0.418 e. The molecule has 0 bridgehead atoms. The Morgan fingerprint density at radius 2 is 1.82 bits per heavy atom. The number of anilines is 2. The lowest BCUT2D eigenvalue weighted by Crippen LogP contribution is -2.40. The lowest BCUT2D eigenvalue weighted by molar-refractivity contribution is -0.137. The lowest BCUT2D eigenvalue weighted by Gasteiger charge is -2.33. The topological polar surface area (TPSA) is 121 Å². The van der Waals surface area contributed by atoms with Gasteiger partial charge in [0, 0.05) is 31.2 Å². The van der Waals surface area contributed by atoms with Crippen molar-refractivity contribution in [3.05, 3.63) is 47.7 Å². The van der Waals surface area contributed by atoms with E-state index in [1.165, 1.54) is 18.2 Å². The molecule has 0 atom stereocenters. The summed E-state index contributed by atoms with van der Waals surface area (Å²) in [5.74, 6) is -0.777. The molecule has 0 unspecified atom stereocenters. The average Bonchev–Trinajstić information content (AvgIpc) is 2.78. The number of carboxylic acids is 1. The van der Waals surface area contributed by atoms with E-state index in [9.17, 15) is 22.8 Å². The number of amides is 1. The zero-order chi connectivity index (χ0) is 24.4. The molecule has 1 aromatic heterocycles. The number of aromatic nitrogens is 2. The van der Waals surface area contributed by atoms with Gasteiger partial charge in [-0.1, -0.05) is 25.5 Å². The molecule has 1 saturated heterocycles. The molecule has 1 aromatic carbocycles. The number of aromatic carboxylic acids is 1. The number of carbonyl (C=O) groups excluding carboxylic acids is 1. The second kappa shape index (κ2) is 12.0. The molecule has 2 heterocycles. The number of piperidine rings is 1. The van der Waals surface area contributed by atoms with Gasteiger partial charge in [0.2, 0.25) is 5.91 Å². The van der Waals surface area contributed by atoms with Crippen LogP contribution in [0, 0.1) is 0 Å². The fourth-order valence-electron chi connectivity index (χ4n) is 3.29. The molecule has 11 heteroatoms. The molecule has 2 aromatic rings. The van der Waals surface area contributed by atoms with E-state index in [-0.39, 0.29) is 23.3 Å². The molecule has 0 radical (unpaired) electrons. The number of alkyl halides is 3. The van der Waals surface area contributed by atoms with E-state index >= 15 is 0 Å². The predicted octanol–water partition coefficient (Wildman–Crippen LogP) is 3.94. The Morgan fingerprint density at radius 1 is 1.15 bits per heavy atom. The highest BCUT2D eigenvalue weighted by molar-refractivity contribution is 5.85. The third-order valence-corrected chi connectivity index (χ3v) is 5.06. The van der Waals surface area contributed by atoms with Crippen LogP contribution in [0.4, 0.5) is 24.7 Å². The molecule has 4 N–H and O–H groups in total. The molecule has 1 amide bonds. The molecule has 1 aliphatic rings. The van der Waals surface area contributed by atoms with Crippen molar-refractivity contribution >= 4 is 23.4 Å². The van der Waals surface area contributed by atoms with Gasteiger partial charge < -0.3 is 21.1 Å². The van der Waals surface area contributed by atoms with Gasteiger partial charge in [-0.05, 0) is 43.5 Å². The van der Waals surface area contributed by atoms with Crippen molar-refractivity contribution in [1.29, 1.82) is 0 Å². The van der Waals surface area contributed by atoms with Crippen molar-refractivity contribution < 1.29 is 27.9 Å². The van der Waals surface area contributed by atoms with E-state index in [1.807, 2.05) is 11.8 Å². The van der Waals surface area contributed by atoms with Crippen molar-refractivity contribution in [2.24, 2.45) is 5.73 Å². The zero-order valence-corrected chi connectivity index (χ0v) is 18.3. The lowest BCUT2D eigenvalue weighted by atomic mass is 10.0. The van der Waals surface area contributed by atoms with Gasteiger partial charge in [0.15, 0.2) is 11.5 Å². The third-order valence-electron chi connectivity index (χ3n) is 5.06. The Bertz CT molecular complexity index is 914. The summed E-state index contributed by atoms with van der Waals surface area (Å²) < 4.78 is 39.2. The number of carboxylic acid groups (broad SMARTS) is 1. The minimum atomic E-state index is -4.40. The maximum Gasteiger partial charge on any atom is 0.418 e. The number of unbranched alkanes of at least 4 members (excludes halogenated alkanes) is 1. The molecule has 33 heavy (non-hydrogen) atoms. The van der Waals surface area contributed by atoms with Crippen molar-refractivity contribution in [1.82, 2.24) is 10.2 Å². The van der Waals surface area contributed by atoms with Crippen LogP contribution in [0.25, 0.3) is 0 Å². The van der Waals surface area contributed by atoms with Crippen molar-refractivity contribution in [2.45, 2.75) is 51.2 Å². The number of halogens is 3. The van der Waals surface area contributed by atoms with Crippen LogP contribution in [0.2, 0.25) is 0 Å². The fraction of sp³-hybridized carbons (Fsp3) is 0.455. The highest BCUT2D eigenvalue weighted by Crippen LogP contribution is 2.35. The zero-order valence-electron chi connectivity index (χ0n) is 18.3. The van der Waals surface area contributed by atoms with E-state index in [2.05, 4.69) is 15.5 Å². The fourth-order valence-corrected chi connectivity index (χ4v) is 3.29. The van der Waals surface area contributed by atoms with Crippen LogP contribution < -0.4 is 16.0 Å². The summed E-state index contributed by atoms with van der Waals surface area (Å²) in [5.41, 5.74) is 4.13. The van der Waals surface area contributed by atoms with E-state index in [1.54, 1.807) is 12.1 Å². The van der Waals surface area contributed by atoms with Gasteiger partial charge in [-0.25, -0.2) is 4.79 Å². The van der Waals surface area contributed by atoms with Gasteiger partial charge in [-0.3, -0.25) is 4.79 Å². The van der Waals surface area contributed by atoms with Gasteiger partial charge in [0.1, 0.15) is 0 Å². The van der Waals surface area contributed by atoms with Gasteiger partial charge in [-0.2, -0.15) is 13.2 Å². The molecular formula is C22H28F3N5O3. The molecule has 3 rings (SSSR count). The first-order valence-electron chi connectivity index (χ1n) is 10.6. The van der Waals surface area contributed by atoms with Crippen molar-refractivity contribution in [3.63, 3.8) is 0 Å². The van der Waals surface area contributed by atoms with Gasteiger partial charge in [0.05, 0.1) is 5.56 Å². The van der Waals surface area contributed by atoms with Crippen LogP contribution in [-0.2, 0) is 11.0 Å². The first kappa shape index (κ1) is 25.9. The molecular weight excluding hydrogens is 439 g/mol. The third kappa shape index (κ3) is 8.24. The number of nitrogens with two attached hydrogens (primary N) is 1. The summed E-state index contributed by atoms with van der Waals surface area (Å²) in [5, 5.41) is 19.4. The quantitative estimate of drug-likeness (QED) is 0.564. The molecule has 8 nitrogen and oxygen atoms in total. The summed E-state index contributed by atoms with van der Waals surface area (Å²) in [6.45, 7) is 3.21. The molecule has 1 fully saturated rings. The van der Waals surface area contributed by atoms with Crippen LogP contribution in [0.1, 0.15) is 55.1 Å². The molecule has 0 spiro atoms. The number of rotatable bonds is 7. The van der Waals surface area contributed by atoms with Gasteiger partial charge >= 0.3 is 12.1 Å². The summed E-state index contributed by atoms with van der Waals surface area (Å²) in [7, 11) is 0. The maximum absolute atomic E-state index is 13.1. The summed E-state index contributed by atoms with van der Waals surface area (Å²) in [4.78, 5) is 22.7. The number of hydrogen-bond acceptors (Lipinski definition) is 6. The summed E-state index contributed by atoms with van der Waals surface area (Å²) >= 11 is 0. The van der Waals surface area contributed by atoms with E-state index < -0.39 is 17.7 Å². The van der Waals surface area contributed by atoms with Crippen molar-refractivity contribution in [2.75, 3.05) is 23.3 Å². The number of carbonyl (C=O) groups is 2. The molecule has 1 aliphatic heterocycles. The minimum absolute atomic E-state index is 0.0824. The first-order valence-corrected chi connectivity index (χ1v) is 10.6. The van der Waals surface area contributed by atoms with Gasteiger partial charge in [-0.15, -0.1) is 10.2 Å². The van der Waals surface area contributed by atoms with Crippen molar-refractivity contribution in [3.8, 4) is 0 Å². The van der Waals surface area contributed by atoms with Crippen LogP contribution in [0.15, 0.2) is 36.4 Å². The summed E-state index contributed by atoms with van der Waals surface area (Å²) in [6.07, 6.45) is -0.621. The Hall–Kier alpha value is -3.37. The molecule has 0 aliphatic carbocycles. The van der Waals surface area contributed by atoms with E-state index in [4.69, 9.17) is 10.8 Å². The summed E-state index contributed by atoms with van der Waals surface area (Å²) in [6, 6.07) is 8.34. The minimum Gasteiger partial charge on any atom is -0.476 e. The highest BCUT2D eigenvalue weighted by Gasteiger charge is 2.34. The predicted molar refractivity (Wildman–Crippen MR) is 118 cm³/mol. The highest BCUT2D eigenvalue weighted by atomic mass is 19.4. The van der Waals surface area contributed by atoms with E-state index in [0.29, 0.717) is 38.2 Å². The Balaban J connectivity index is 0.000000479. The van der Waals surface area contributed by atoms with Crippen LogP contribution in [0.3, 0.4) is 0 Å². The first-order chi connectivity index (χ1) is 15.6. The monoisotopic (exact) mass is 467 g/mol. The van der Waals surface area contributed by atoms with Crippen LogP contribution in [-0.4, -0.2) is 46.3 Å². The second-order valence-corrected chi connectivity index (χ2v) is 7.60. The Morgan fingerprint density at radius 3 is 2.30 bits per heavy atom. The Kier molecular flexibility index (Phi) is 9.43. The number of primary amides is 1. The SMILES string of the molecule is CCCCC(N)=O.O=C(O)c1ccc(N2CCC(Nc3ccccc3C(F)(F)F)CC2)nn1. The number of nitrogens with zero attached hydrogens (tertiary/aromatic N) is 3. The standard InChI is InChI=1S/C17H17F3N4O2.C5H11NO/c18-17(19,20)12-3-1-2-4-13(12)21-11-7-9-24(10-8-11)15-6-5-14(16(25)26)22-23-15;1-2-3-4-5(6)7/h1-6,11,21H,7-10H2,(H,25,26);2-4H2,1H3,(H2,6,7). The van der Waals surface area contributed by atoms with E-state index in [0.717, 1.165) is 18.9 Å². The molecule has 180 valence electrons. The normalized spacial score (nSPS) is 14.2. The largest absolute Gasteiger partial charge is 0.476 e. The average molecular weight is 467 g/mol. The molecule has 0 saturated carbocycles. The number of hydrogen-bond donors (Lipinski definition) is 3. The maximum atomic E-state index is 13.1. The Labute approximate surface area is 190 Å². The van der Waals surface area contributed by atoms with Crippen LogP contribution >= 0.6 is 0 Å². The second-order valence-electron chi connectivity index (χ2n) is 7.60. The number of nitrogens with one attached hydrogen (secondary N) is 1. The number of benzene rings is 1. The number of para-hydroxylation sites is 1.